The first-order chi connectivity index (χ1) is 8.28. The zero-order valence-electron chi connectivity index (χ0n) is 10.3. The van der Waals surface area contributed by atoms with Gasteiger partial charge in [0.1, 0.15) is 0 Å². The predicted molar refractivity (Wildman–Crippen MR) is 71.3 cm³/mol. The summed E-state index contributed by atoms with van der Waals surface area (Å²) in [6.07, 6.45) is 5.26. The van der Waals surface area contributed by atoms with Crippen LogP contribution in [0.25, 0.3) is 0 Å². The van der Waals surface area contributed by atoms with Crippen molar-refractivity contribution in [2.24, 2.45) is 0 Å². The van der Waals surface area contributed by atoms with Gasteiger partial charge in [0, 0.05) is 24.7 Å². The highest BCUT2D eigenvalue weighted by Crippen LogP contribution is 2.21. The molecular formula is C14H20ClNO. The molecule has 3 heteroatoms. The van der Waals surface area contributed by atoms with E-state index < -0.39 is 0 Å². The van der Waals surface area contributed by atoms with Gasteiger partial charge in [-0.2, -0.15) is 0 Å². The van der Waals surface area contributed by atoms with Gasteiger partial charge in [-0.25, -0.2) is 0 Å². The SMILES string of the molecule is COC1CCCC(NCc2cccc(Cl)c2)C1. The van der Waals surface area contributed by atoms with Gasteiger partial charge in [-0.1, -0.05) is 23.7 Å². The molecule has 0 amide bonds. The van der Waals surface area contributed by atoms with Gasteiger partial charge in [0.05, 0.1) is 6.10 Å². The minimum Gasteiger partial charge on any atom is -0.381 e. The van der Waals surface area contributed by atoms with E-state index in [-0.39, 0.29) is 0 Å². The van der Waals surface area contributed by atoms with Gasteiger partial charge in [-0.3, -0.25) is 0 Å². The number of benzene rings is 1. The lowest BCUT2D eigenvalue weighted by Crippen LogP contribution is -2.36. The fourth-order valence-electron chi connectivity index (χ4n) is 2.45. The molecule has 1 saturated carbocycles. The van der Waals surface area contributed by atoms with E-state index in [1.54, 1.807) is 0 Å². The van der Waals surface area contributed by atoms with Crippen LogP contribution in [0.4, 0.5) is 0 Å². The van der Waals surface area contributed by atoms with Gasteiger partial charge in [-0.15, -0.1) is 0 Å². The third kappa shape index (κ3) is 3.98. The molecule has 94 valence electrons. The smallest absolute Gasteiger partial charge is 0.0586 e. The molecular weight excluding hydrogens is 234 g/mol. The Labute approximate surface area is 108 Å². The lowest BCUT2D eigenvalue weighted by molar-refractivity contribution is 0.0586. The summed E-state index contributed by atoms with van der Waals surface area (Å²) in [5.74, 6) is 0. The van der Waals surface area contributed by atoms with Gasteiger partial charge in [0.25, 0.3) is 0 Å². The van der Waals surface area contributed by atoms with Crippen molar-refractivity contribution in [3.63, 3.8) is 0 Å². The second-order valence-electron chi connectivity index (χ2n) is 4.73. The molecule has 0 aliphatic heterocycles. The molecule has 0 saturated heterocycles. The van der Waals surface area contributed by atoms with E-state index in [0.717, 1.165) is 18.0 Å². The maximum absolute atomic E-state index is 5.96. The summed E-state index contributed by atoms with van der Waals surface area (Å²) < 4.78 is 5.43. The van der Waals surface area contributed by atoms with Crippen molar-refractivity contribution >= 4 is 11.6 Å². The molecule has 0 aromatic heterocycles. The number of hydrogen-bond donors (Lipinski definition) is 1. The van der Waals surface area contributed by atoms with Crippen LogP contribution in [0.3, 0.4) is 0 Å². The summed E-state index contributed by atoms with van der Waals surface area (Å²) in [5.41, 5.74) is 1.25. The zero-order chi connectivity index (χ0) is 12.1. The average Bonchev–Trinajstić information content (AvgIpc) is 2.37. The van der Waals surface area contributed by atoms with E-state index >= 15 is 0 Å². The van der Waals surface area contributed by atoms with Crippen LogP contribution in [0.1, 0.15) is 31.2 Å². The molecule has 1 aromatic rings. The highest BCUT2D eigenvalue weighted by atomic mass is 35.5. The van der Waals surface area contributed by atoms with Crippen molar-refractivity contribution in [1.82, 2.24) is 5.32 Å². The van der Waals surface area contributed by atoms with E-state index in [2.05, 4.69) is 11.4 Å². The molecule has 2 nitrogen and oxygen atoms in total. The zero-order valence-corrected chi connectivity index (χ0v) is 11.0. The molecule has 2 rings (SSSR count). The van der Waals surface area contributed by atoms with Gasteiger partial charge in [0.2, 0.25) is 0 Å². The Morgan fingerprint density at radius 2 is 2.29 bits per heavy atom. The van der Waals surface area contributed by atoms with Crippen molar-refractivity contribution in [2.75, 3.05) is 7.11 Å². The van der Waals surface area contributed by atoms with E-state index in [9.17, 15) is 0 Å². The summed E-state index contributed by atoms with van der Waals surface area (Å²) in [6.45, 7) is 0.891. The van der Waals surface area contributed by atoms with E-state index in [1.807, 2.05) is 25.3 Å². The predicted octanol–water partition coefficient (Wildman–Crippen LogP) is 3.39. The molecule has 2 atom stereocenters. The van der Waals surface area contributed by atoms with Crippen molar-refractivity contribution in [2.45, 2.75) is 44.4 Å². The number of nitrogens with one attached hydrogen (secondary N) is 1. The summed E-state index contributed by atoms with van der Waals surface area (Å²) in [5, 5.41) is 4.40. The molecule has 1 N–H and O–H groups in total. The Kier molecular flexibility index (Phi) is 4.84. The highest BCUT2D eigenvalue weighted by molar-refractivity contribution is 6.30. The lowest BCUT2D eigenvalue weighted by Gasteiger charge is -2.29. The van der Waals surface area contributed by atoms with Crippen LogP contribution < -0.4 is 5.32 Å². The Balaban J connectivity index is 1.81. The molecule has 1 fully saturated rings. The first-order valence-corrected chi connectivity index (χ1v) is 6.66. The third-order valence-electron chi connectivity index (χ3n) is 3.44. The molecule has 1 aliphatic rings. The van der Waals surface area contributed by atoms with E-state index in [4.69, 9.17) is 16.3 Å². The lowest BCUT2D eigenvalue weighted by atomic mass is 9.92. The molecule has 2 unspecified atom stereocenters. The van der Waals surface area contributed by atoms with Crippen molar-refractivity contribution in [1.29, 1.82) is 0 Å². The number of methoxy groups -OCH3 is 1. The molecule has 0 heterocycles. The van der Waals surface area contributed by atoms with Crippen LogP contribution in [0.15, 0.2) is 24.3 Å². The molecule has 0 radical (unpaired) electrons. The normalized spacial score (nSPS) is 24.8. The van der Waals surface area contributed by atoms with Crippen LogP contribution in [-0.4, -0.2) is 19.3 Å². The van der Waals surface area contributed by atoms with Crippen molar-refractivity contribution in [3.8, 4) is 0 Å². The number of halogens is 1. The first kappa shape index (κ1) is 12.9. The Morgan fingerprint density at radius 1 is 1.41 bits per heavy atom. The van der Waals surface area contributed by atoms with Gasteiger partial charge in [0.15, 0.2) is 0 Å². The van der Waals surface area contributed by atoms with E-state index in [0.29, 0.717) is 12.1 Å². The Bertz CT molecular complexity index is 356. The topological polar surface area (TPSA) is 21.3 Å². The maximum Gasteiger partial charge on any atom is 0.0586 e. The summed E-state index contributed by atoms with van der Waals surface area (Å²) in [6, 6.07) is 8.61. The van der Waals surface area contributed by atoms with Crippen LogP contribution in [0, 0.1) is 0 Å². The Morgan fingerprint density at radius 3 is 3.06 bits per heavy atom. The van der Waals surface area contributed by atoms with Crippen LogP contribution in [0.5, 0.6) is 0 Å². The third-order valence-corrected chi connectivity index (χ3v) is 3.68. The molecule has 1 aliphatic carbocycles. The minimum absolute atomic E-state index is 0.431. The largest absolute Gasteiger partial charge is 0.381 e. The van der Waals surface area contributed by atoms with Crippen molar-refractivity contribution in [3.05, 3.63) is 34.9 Å². The first-order valence-electron chi connectivity index (χ1n) is 6.28. The minimum atomic E-state index is 0.431. The van der Waals surface area contributed by atoms with Crippen LogP contribution in [0.2, 0.25) is 5.02 Å². The number of rotatable bonds is 4. The summed E-state index contributed by atoms with van der Waals surface area (Å²) >= 11 is 5.96. The summed E-state index contributed by atoms with van der Waals surface area (Å²) in [4.78, 5) is 0. The second kappa shape index (κ2) is 6.39. The van der Waals surface area contributed by atoms with Gasteiger partial charge < -0.3 is 10.1 Å². The highest BCUT2D eigenvalue weighted by Gasteiger charge is 2.20. The van der Waals surface area contributed by atoms with Crippen LogP contribution in [-0.2, 0) is 11.3 Å². The maximum atomic E-state index is 5.96. The van der Waals surface area contributed by atoms with Crippen LogP contribution >= 0.6 is 11.6 Å². The molecule has 0 bridgehead atoms. The van der Waals surface area contributed by atoms with Gasteiger partial charge in [-0.05, 0) is 43.4 Å². The fourth-order valence-corrected chi connectivity index (χ4v) is 2.67. The van der Waals surface area contributed by atoms with Gasteiger partial charge >= 0.3 is 0 Å². The number of hydrogen-bond acceptors (Lipinski definition) is 2. The number of ether oxygens (including phenoxy) is 1. The molecule has 1 aromatic carbocycles. The quantitative estimate of drug-likeness (QED) is 0.888. The molecule has 0 spiro atoms. The second-order valence-corrected chi connectivity index (χ2v) is 5.17. The van der Waals surface area contributed by atoms with Crippen molar-refractivity contribution < 1.29 is 4.74 Å². The van der Waals surface area contributed by atoms with E-state index in [1.165, 1.54) is 24.8 Å². The summed E-state index contributed by atoms with van der Waals surface area (Å²) in [7, 11) is 1.81. The molecule has 17 heavy (non-hydrogen) atoms. The fraction of sp³-hybridized carbons (Fsp3) is 0.571. The monoisotopic (exact) mass is 253 g/mol. The average molecular weight is 254 g/mol. The standard InChI is InChI=1S/C14H20ClNO/c1-17-14-7-3-6-13(9-14)16-10-11-4-2-5-12(15)8-11/h2,4-5,8,13-14,16H,3,6-7,9-10H2,1H3. The Hall–Kier alpha value is -0.570.